The average Bonchev–Trinajstić information content (AvgIpc) is 3.41. The van der Waals surface area contributed by atoms with Gasteiger partial charge in [-0.15, -0.1) is 0 Å². The molecule has 0 spiro atoms. The lowest BCUT2D eigenvalue weighted by atomic mass is 9.98. The van der Waals surface area contributed by atoms with E-state index in [-0.39, 0.29) is 17.6 Å². The molecule has 1 saturated heterocycles. The first kappa shape index (κ1) is 18.9. The van der Waals surface area contributed by atoms with Gasteiger partial charge >= 0.3 is 0 Å². The van der Waals surface area contributed by atoms with Crippen LogP contribution in [-0.2, 0) is 22.6 Å². The predicted octanol–water partition coefficient (Wildman–Crippen LogP) is 3.44. The van der Waals surface area contributed by atoms with Crippen LogP contribution in [0.25, 0.3) is 22.4 Å². The molecule has 1 fully saturated rings. The molecule has 4 heterocycles. The first-order valence-electron chi connectivity index (χ1n) is 10.3. The van der Waals surface area contributed by atoms with Gasteiger partial charge in [0.1, 0.15) is 11.5 Å². The summed E-state index contributed by atoms with van der Waals surface area (Å²) in [6.07, 6.45) is 2.57. The maximum absolute atomic E-state index is 13.5. The predicted molar refractivity (Wildman–Crippen MR) is 110 cm³/mol. The summed E-state index contributed by atoms with van der Waals surface area (Å²) in [6.45, 7) is 4.87. The molecule has 0 aliphatic carbocycles. The van der Waals surface area contributed by atoms with Gasteiger partial charge in [0.15, 0.2) is 0 Å². The van der Waals surface area contributed by atoms with E-state index in [1.807, 2.05) is 28.6 Å². The Morgan fingerprint density at radius 3 is 2.73 bits per heavy atom. The van der Waals surface area contributed by atoms with Gasteiger partial charge in [0.25, 0.3) is 0 Å². The Kier molecular flexibility index (Phi) is 4.83. The zero-order chi connectivity index (χ0) is 20.7. The van der Waals surface area contributed by atoms with E-state index in [2.05, 4.69) is 4.98 Å². The van der Waals surface area contributed by atoms with Crippen molar-refractivity contribution in [2.75, 3.05) is 19.8 Å². The van der Waals surface area contributed by atoms with Crippen LogP contribution in [0.5, 0.6) is 0 Å². The number of carbonyl (C=O) groups excluding carboxylic acids is 1. The molecule has 30 heavy (non-hydrogen) atoms. The van der Waals surface area contributed by atoms with E-state index < -0.39 is 0 Å². The van der Waals surface area contributed by atoms with E-state index >= 15 is 0 Å². The van der Waals surface area contributed by atoms with Crippen molar-refractivity contribution in [1.29, 1.82) is 0 Å². The molecule has 0 saturated carbocycles. The Morgan fingerprint density at radius 1 is 1.17 bits per heavy atom. The molecule has 2 aliphatic rings. The van der Waals surface area contributed by atoms with E-state index in [1.165, 1.54) is 12.1 Å². The Morgan fingerprint density at radius 2 is 2.00 bits per heavy atom. The topological polar surface area (TPSA) is 60.2 Å². The molecule has 5 rings (SSSR count). The smallest absolute Gasteiger partial charge is 0.228 e. The number of ether oxygens (including phenoxy) is 1. The highest BCUT2D eigenvalue weighted by Crippen LogP contribution is 2.37. The van der Waals surface area contributed by atoms with E-state index in [0.717, 1.165) is 40.2 Å². The lowest BCUT2D eigenvalue weighted by Crippen LogP contribution is -2.42. The van der Waals surface area contributed by atoms with Gasteiger partial charge in [0, 0.05) is 36.2 Å². The standard InChI is InChI=1S/C23H23FN4O2/c1-15-12-17(6-8-25-15)21-20-13-27(23(29)18-7-11-30-14-18)9-10-28(20)26-22(21)16-2-4-19(24)5-3-16/h2-6,8,12,18H,7,9-11,13-14H2,1H3/t18-/m1/s1. The first-order chi connectivity index (χ1) is 14.6. The number of aryl methyl sites for hydroxylation is 1. The number of rotatable bonds is 3. The summed E-state index contributed by atoms with van der Waals surface area (Å²) < 4.78 is 20.9. The van der Waals surface area contributed by atoms with Crippen molar-refractivity contribution in [2.24, 2.45) is 5.92 Å². The minimum absolute atomic E-state index is 0.0531. The molecule has 0 radical (unpaired) electrons. The van der Waals surface area contributed by atoms with E-state index in [4.69, 9.17) is 9.84 Å². The van der Waals surface area contributed by atoms with Crippen LogP contribution in [0, 0.1) is 18.7 Å². The summed E-state index contributed by atoms with van der Waals surface area (Å²) in [7, 11) is 0. The number of nitrogens with zero attached hydrogens (tertiary/aromatic N) is 4. The number of fused-ring (bicyclic) bond motifs is 1. The molecule has 0 N–H and O–H groups in total. The van der Waals surface area contributed by atoms with Gasteiger partial charge < -0.3 is 9.64 Å². The zero-order valence-electron chi connectivity index (χ0n) is 16.8. The molecule has 1 aromatic carbocycles. The molecular weight excluding hydrogens is 383 g/mol. The summed E-state index contributed by atoms with van der Waals surface area (Å²) >= 11 is 0. The highest BCUT2D eigenvalue weighted by molar-refractivity contribution is 5.84. The van der Waals surface area contributed by atoms with Crippen molar-refractivity contribution in [1.82, 2.24) is 19.7 Å². The molecular formula is C23H23FN4O2. The quantitative estimate of drug-likeness (QED) is 0.669. The van der Waals surface area contributed by atoms with E-state index in [0.29, 0.717) is 32.8 Å². The van der Waals surface area contributed by atoms with E-state index in [9.17, 15) is 9.18 Å². The molecule has 0 unspecified atom stereocenters. The maximum atomic E-state index is 13.5. The SMILES string of the molecule is Cc1cc(-c2c(-c3ccc(F)cc3)nn3c2CN(C(=O)[C@@H]2CCOC2)CC3)ccn1. The van der Waals surface area contributed by atoms with Gasteiger partial charge in [0.05, 0.1) is 31.3 Å². The van der Waals surface area contributed by atoms with Gasteiger partial charge in [-0.05, 0) is 55.3 Å². The average molecular weight is 406 g/mol. The molecule has 2 aromatic heterocycles. The Labute approximate surface area is 174 Å². The van der Waals surface area contributed by atoms with Crippen molar-refractivity contribution in [3.63, 3.8) is 0 Å². The van der Waals surface area contributed by atoms with Gasteiger partial charge in [-0.2, -0.15) is 5.10 Å². The summed E-state index contributed by atoms with van der Waals surface area (Å²) in [5.74, 6) is -0.178. The van der Waals surface area contributed by atoms with Crippen molar-refractivity contribution >= 4 is 5.91 Å². The Balaban J connectivity index is 1.59. The lowest BCUT2D eigenvalue weighted by molar-refractivity contribution is -0.137. The number of halogens is 1. The van der Waals surface area contributed by atoms with Crippen LogP contribution in [0.15, 0.2) is 42.6 Å². The number of carbonyl (C=O) groups is 1. The molecule has 154 valence electrons. The second-order valence-electron chi connectivity index (χ2n) is 7.91. The van der Waals surface area contributed by atoms with Crippen LogP contribution in [0.4, 0.5) is 4.39 Å². The van der Waals surface area contributed by atoms with Gasteiger partial charge in [0.2, 0.25) is 5.91 Å². The number of hydrogen-bond acceptors (Lipinski definition) is 4. The van der Waals surface area contributed by atoms with Crippen LogP contribution in [-0.4, -0.2) is 45.3 Å². The zero-order valence-corrected chi connectivity index (χ0v) is 16.8. The van der Waals surface area contributed by atoms with Crippen molar-refractivity contribution < 1.29 is 13.9 Å². The molecule has 2 aliphatic heterocycles. The number of aromatic nitrogens is 3. The third kappa shape index (κ3) is 3.39. The minimum atomic E-state index is -0.278. The molecule has 6 nitrogen and oxygen atoms in total. The molecule has 1 amide bonds. The number of amides is 1. The van der Waals surface area contributed by atoms with Crippen LogP contribution in [0.3, 0.4) is 0 Å². The monoisotopic (exact) mass is 406 g/mol. The Bertz CT molecular complexity index is 1090. The summed E-state index contributed by atoms with van der Waals surface area (Å²) in [5.41, 5.74) is 5.54. The molecule has 7 heteroatoms. The first-order valence-corrected chi connectivity index (χ1v) is 10.3. The number of hydrogen-bond donors (Lipinski definition) is 0. The van der Waals surface area contributed by atoms with Gasteiger partial charge in [-0.25, -0.2) is 4.39 Å². The van der Waals surface area contributed by atoms with Crippen LogP contribution in [0.1, 0.15) is 17.8 Å². The van der Waals surface area contributed by atoms with Gasteiger partial charge in [-0.1, -0.05) is 0 Å². The maximum Gasteiger partial charge on any atom is 0.228 e. The van der Waals surface area contributed by atoms with Crippen molar-refractivity contribution in [2.45, 2.75) is 26.4 Å². The highest BCUT2D eigenvalue weighted by atomic mass is 19.1. The normalized spacial score (nSPS) is 18.5. The largest absolute Gasteiger partial charge is 0.381 e. The summed E-state index contributed by atoms with van der Waals surface area (Å²) in [4.78, 5) is 19.2. The minimum Gasteiger partial charge on any atom is -0.381 e. The number of pyridine rings is 1. The highest BCUT2D eigenvalue weighted by Gasteiger charge is 2.32. The van der Waals surface area contributed by atoms with Crippen molar-refractivity contribution in [3.8, 4) is 22.4 Å². The molecule has 1 atom stereocenters. The fourth-order valence-corrected chi connectivity index (χ4v) is 4.31. The fraction of sp³-hybridized carbons (Fsp3) is 0.348. The second-order valence-corrected chi connectivity index (χ2v) is 7.91. The lowest BCUT2D eigenvalue weighted by Gasteiger charge is -2.30. The third-order valence-corrected chi connectivity index (χ3v) is 5.87. The van der Waals surface area contributed by atoms with Crippen LogP contribution in [0.2, 0.25) is 0 Å². The van der Waals surface area contributed by atoms with E-state index in [1.54, 1.807) is 18.3 Å². The summed E-state index contributed by atoms with van der Waals surface area (Å²) in [5, 5.41) is 4.86. The fourth-order valence-electron chi connectivity index (χ4n) is 4.31. The molecule has 0 bridgehead atoms. The second kappa shape index (κ2) is 7.65. The van der Waals surface area contributed by atoms with Crippen LogP contribution >= 0.6 is 0 Å². The number of benzene rings is 1. The van der Waals surface area contributed by atoms with Gasteiger partial charge in [-0.3, -0.25) is 14.5 Å². The van der Waals surface area contributed by atoms with Crippen LogP contribution < -0.4 is 0 Å². The van der Waals surface area contributed by atoms with Crippen molar-refractivity contribution in [3.05, 3.63) is 59.8 Å². The summed E-state index contributed by atoms with van der Waals surface area (Å²) in [6, 6.07) is 10.4. The molecule has 3 aromatic rings. The Hall–Kier alpha value is -3.06. The third-order valence-electron chi connectivity index (χ3n) is 5.87.